The summed E-state index contributed by atoms with van der Waals surface area (Å²) in [6.07, 6.45) is 3.44. The van der Waals surface area contributed by atoms with Crippen LogP contribution in [0.3, 0.4) is 0 Å². The van der Waals surface area contributed by atoms with Gasteiger partial charge in [-0.05, 0) is 48.5 Å². The van der Waals surface area contributed by atoms with Gasteiger partial charge in [-0.1, -0.05) is 13.8 Å². The Labute approximate surface area is 163 Å². The minimum atomic E-state index is -0.474. The number of hydrogen-bond acceptors (Lipinski definition) is 5. The first-order chi connectivity index (χ1) is 12.4. The maximum Gasteiger partial charge on any atom is 0.498 e. The smallest absolute Gasteiger partial charge is 0.444 e. The fourth-order valence-electron chi connectivity index (χ4n) is 2.75. The molecule has 0 spiro atoms. The van der Waals surface area contributed by atoms with Crippen LogP contribution < -0.4 is 5.46 Å². The Hall–Kier alpha value is -1.54. The van der Waals surface area contributed by atoms with Crippen molar-refractivity contribution in [3.8, 4) is 0 Å². The van der Waals surface area contributed by atoms with E-state index in [1.54, 1.807) is 11.1 Å². The Kier molecular flexibility index (Phi) is 6.02. The number of hydrogen-bond donors (Lipinski definition) is 0. The van der Waals surface area contributed by atoms with Crippen LogP contribution in [0.2, 0.25) is 0 Å². The zero-order chi connectivity index (χ0) is 20.6. The molecule has 1 aromatic heterocycles. The molecule has 7 nitrogen and oxygen atoms in total. The molecule has 0 atom stereocenters. The summed E-state index contributed by atoms with van der Waals surface area (Å²) in [4.78, 5) is 13.7. The molecule has 2 aliphatic rings. The van der Waals surface area contributed by atoms with Crippen molar-refractivity contribution in [2.75, 3.05) is 13.1 Å². The Balaban J connectivity index is 0.00000126. The van der Waals surface area contributed by atoms with Crippen molar-refractivity contribution in [1.82, 2.24) is 14.7 Å². The van der Waals surface area contributed by atoms with Gasteiger partial charge in [0.05, 0.1) is 17.2 Å². The van der Waals surface area contributed by atoms with Crippen LogP contribution in [0.5, 0.6) is 0 Å². The summed E-state index contributed by atoms with van der Waals surface area (Å²) < 4.78 is 19.3. The maximum atomic E-state index is 12.0. The molecular weight excluding hydrogens is 345 g/mol. The number of amides is 1. The van der Waals surface area contributed by atoms with Crippen molar-refractivity contribution in [2.24, 2.45) is 0 Å². The average Bonchev–Trinajstić information content (AvgIpc) is 3.01. The molecule has 0 unspecified atom stereocenters. The van der Waals surface area contributed by atoms with Gasteiger partial charge in [0.15, 0.2) is 0 Å². The largest absolute Gasteiger partial charge is 0.498 e. The lowest BCUT2D eigenvalue weighted by Gasteiger charge is -2.39. The molecule has 1 amide bonds. The molecule has 2 fully saturated rings. The van der Waals surface area contributed by atoms with E-state index in [9.17, 15) is 4.79 Å². The minimum absolute atomic E-state index is 0.156. The van der Waals surface area contributed by atoms with Crippen molar-refractivity contribution in [3.63, 3.8) is 0 Å². The van der Waals surface area contributed by atoms with E-state index in [0.717, 1.165) is 5.46 Å². The summed E-state index contributed by atoms with van der Waals surface area (Å²) in [7, 11) is -0.416. The van der Waals surface area contributed by atoms with Crippen LogP contribution in [-0.4, -0.2) is 57.8 Å². The lowest BCUT2D eigenvalue weighted by Crippen LogP contribution is -2.52. The van der Waals surface area contributed by atoms with E-state index in [1.807, 2.05) is 73.2 Å². The third-order valence-corrected chi connectivity index (χ3v) is 5.03. The Morgan fingerprint density at radius 1 is 1.19 bits per heavy atom. The molecule has 0 N–H and O–H groups in total. The van der Waals surface area contributed by atoms with Crippen LogP contribution in [0.15, 0.2) is 12.4 Å². The van der Waals surface area contributed by atoms with Gasteiger partial charge in [-0.2, -0.15) is 5.10 Å². The van der Waals surface area contributed by atoms with E-state index >= 15 is 0 Å². The zero-order valence-corrected chi connectivity index (χ0v) is 18.2. The van der Waals surface area contributed by atoms with Crippen molar-refractivity contribution in [3.05, 3.63) is 12.4 Å². The number of carbonyl (C=O) groups is 1. The maximum absolute atomic E-state index is 12.0. The first kappa shape index (κ1) is 21.8. The van der Waals surface area contributed by atoms with E-state index in [4.69, 9.17) is 14.0 Å². The van der Waals surface area contributed by atoms with Crippen LogP contribution in [0.4, 0.5) is 4.79 Å². The van der Waals surface area contributed by atoms with Crippen molar-refractivity contribution < 1.29 is 18.8 Å². The SMILES string of the molecule is CC.CC(C)(C)OC(=O)N1CC(n2cc(B3OC(C)(C)C(C)(C)O3)cn2)C1. The molecule has 2 aliphatic heterocycles. The van der Waals surface area contributed by atoms with Gasteiger partial charge in [-0.15, -0.1) is 0 Å². The second-order valence-corrected chi connectivity index (χ2v) is 8.88. The summed E-state index contributed by atoms with van der Waals surface area (Å²) in [6, 6.07) is 0.156. The van der Waals surface area contributed by atoms with Crippen molar-refractivity contribution in [2.45, 2.75) is 85.2 Å². The van der Waals surface area contributed by atoms with Gasteiger partial charge >= 0.3 is 13.2 Å². The minimum Gasteiger partial charge on any atom is -0.444 e. The highest BCUT2D eigenvalue weighted by Crippen LogP contribution is 2.36. The number of rotatable bonds is 2. The molecule has 0 saturated carbocycles. The van der Waals surface area contributed by atoms with Crippen molar-refractivity contribution >= 4 is 18.7 Å². The first-order valence-corrected chi connectivity index (χ1v) is 9.76. The number of likely N-dealkylation sites (tertiary alicyclic amines) is 1. The standard InChI is InChI=1S/C17H28BN3O4.C2H6/c1-15(2,3)23-14(22)20-10-13(11-20)21-9-12(8-19-21)18-24-16(4,5)17(6,7)25-18;1-2/h8-9,13H,10-11H2,1-7H3;1-2H3. The van der Waals surface area contributed by atoms with Crippen molar-refractivity contribution in [1.29, 1.82) is 0 Å². The Morgan fingerprint density at radius 2 is 1.70 bits per heavy atom. The van der Waals surface area contributed by atoms with Gasteiger partial charge in [0.1, 0.15) is 5.60 Å². The molecule has 0 aliphatic carbocycles. The quantitative estimate of drug-likeness (QED) is 0.739. The van der Waals surface area contributed by atoms with Crippen LogP contribution in [0.25, 0.3) is 0 Å². The van der Waals surface area contributed by atoms with Gasteiger partial charge in [-0.25, -0.2) is 4.79 Å². The van der Waals surface area contributed by atoms with Gasteiger partial charge < -0.3 is 18.9 Å². The molecule has 152 valence electrons. The molecule has 0 bridgehead atoms. The second kappa shape index (κ2) is 7.47. The highest BCUT2D eigenvalue weighted by molar-refractivity contribution is 6.62. The van der Waals surface area contributed by atoms with Crippen LogP contribution in [0, 0.1) is 0 Å². The fraction of sp³-hybridized carbons (Fsp3) is 0.789. The number of aromatic nitrogens is 2. The second-order valence-electron chi connectivity index (χ2n) is 8.88. The van der Waals surface area contributed by atoms with E-state index in [-0.39, 0.29) is 23.3 Å². The van der Waals surface area contributed by atoms with E-state index in [2.05, 4.69) is 5.10 Å². The number of carbonyl (C=O) groups excluding carboxylic acids is 1. The molecule has 0 aromatic carbocycles. The molecule has 1 aromatic rings. The highest BCUT2D eigenvalue weighted by Gasteiger charge is 2.52. The predicted octanol–water partition coefficient (Wildman–Crippen LogP) is 3.00. The van der Waals surface area contributed by atoms with Gasteiger partial charge in [0.25, 0.3) is 0 Å². The summed E-state index contributed by atoms with van der Waals surface area (Å²) in [5.41, 5.74) is -0.319. The molecule has 3 rings (SSSR count). The Morgan fingerprint density at radius 3 is 2.19 bits per heavy atom. The highest BCUT2D eigenvalue weighted by atomic mass is 16.7. The molecule has 0 radical (unpaired) electrons. The van der Waals surface area contributed by atoms with E-state index in [0.29, 0.717) is 13.1 Å². The third kappa shape index (κ3) is 4.66. The summed E-state index contributed by atoms with van der Waals surface area (Å²) in [6.45, 7) is 18.9. The van der Waals surface area contributed by atoms with Crippen LogP contribution in [0.1, 0.15) is 68.4 Å². The zero-order valence-electron chi connectivity index (χ0n) is 18.2. The van der Waals surface area contributed by atoms with Crippen LogP contribution in [-0.2, 0) is 14.0 Å². The molecule has 8 heteroatoms. The van der Waals surface area contributed by atoms with Gasteiger partial charge in [0, 0.05) is 30.9 Å². The normalized spacial score (nSPS) is 21.4. The summed E-state index contributed by atoms with van der Waals surface area (Å²) in [5.74, 6) is 0. The topological polar surface area (TPSA) is 65.8 Å². The Bertz CT molecular complexity index is 644. The molecule has 3 heterocycles. The summed E-state index contributed by atoms with van der Waals surface area (Å²) in [5, 5.41) is 4.42. The van der Waals surface area contributed by atoms with E-state index < -0.39 is 12.7 Å². The van der Waals surface area contributed by atoms with E-state index in [1.165, 1.54) is 0 Å². The lowest BCUT2D eigenvalue weighted by molar-refractivity contribution is -0.000386. The molecule has 27 heavy (non-hydrogen) atoms. The third-order valence-electron chi connectivity index (χ3n) is 5.03. The lowest BCUT2D eigenvalue weighted by atomic mass is 9.82. The summed E-state index contributed by atoms with van der Waals surface area (Å²) >= 11 is 0. The average molecular weight is 379 g/mol. The first-order valence-electron chi connectivity index (χ1n) is 9.76. The van der Waals surface area contributed by atoms with Crippen LogP contribution >= 0.6 is 0 Å². The van der Waals surface area contributed by atoms with Gasteiger partial charge in [-0.3, -0.25) is 4.68 Å². The fourth-order valence-corrected chi connectivity index (χ4v) is 2.75. The molecule has 2 saturated heterocycles. The predicted molar refractivity (Wildman–Crippen MR) is 106 cm³/mol. The van der Waals surface area contributed by atoms with Gasteiger partial charge in [0.2, 0.25) is 0 Å². The monoisotopic (exact) mass is 379 g/mol. The molecular formula is C19H34BN3O4. The number of ether oxygens (including phenoxy) is 1. The number of nitrogens with zero attached hydrogens (tertiary/aromatic N) is 3.